The van der Waals surface area contributed by atoms with E-state index >= 15 is 0 Å². The molecule has 0 aliphatic carbocycles. The van der Waals surface area contributed by atoms with Crippen molar-refractivity contribution in [1.29, 1.82) is 0 Å². The highest BCUT2D eigenvalue weighted by Crippen LogP contribution is 2.31. The number of para-hydroxylation sites is 1. The molecular formula is C17H16ClN3O. The lowest BCUT2D eigenvalue weighted by Gasteiger charge is -2.05. The minimum atomic E-state index is 0.110. The van der Waals surface area contributed by atoms with Crippen molar-refractivity contribution in [3.05, 3.63) is 64.7 Å². The number of hydrogen-bond acceptors (Lipinski definition) is 3. The lowest BCUT2D eigenvalue weighted by Crippen LogP contribution is -1.98. The Kier molecular flexibility index (Phi) is 3.77. The monoisotopic (exact) mass is 313 g/mol. The minimum Gasteiger partial charge on any atom is -0.493 e. The molecule has 0 aliphatic rings. The first kappa shape index (κ1) is 14.5. The highest BCUT2D eigenvalue weighted by molar-refractivity contribution is 6.33. The van der Waals surface area contributed by atoms with Crippen LogP contribution in [0.3, 0.4) is 0 Å². The van der Waals surface area contributed by atoms with Gasteiger partial charge in [0, 0.05) is 0 Å². The van der Waals surface area contributed by atoms with Gasteiger partial charge in [0.15, 0.2) is 5.82 Å². The van der Waals surface area contributed by atoms with Crippen molar-refractivity contribution in [2.24, 2.45) is 0 Å². The maximum Gasteiger partial charge on any atom is 0.219 e. The van der Waals surface area contributed by atoms with Crippen LogP contribution >= 0.6 is 11.6 Å². The molecule has 0 fully saturated rings. The second-order valence-corrected chi connectivity index (χ2v) is 5.56. The van der Waals surface area contributed by atoms with Crippen molar-refractivity contribution < 1.29 is 5.11 Å². The molecule has 0 spiro atoms. The van der Waals surface area contributed by atoms with Gasteiger partial charge in [-0.1, -0.05) is 41.4 Å². The molecule has 0 saturated heterocycles. The SMILES string of the molecule is Cc1ccc(-n2nc(Nc3ccccc3Cl)c(C)c2O)cc1. The molecule has 5 heteroatoms. The van der Waals surface area contributed by atoms with E-state index in [1.807, 2.05) is 56.3 Å². The van der Waals surface area contributed by atoms with Crippen molar-refractivity contribution in [2.45, 2.75) is 13.8 Å². The highest BCUT2D eigenvalue weighted by Gasteiger charge is 2.15. The van der Waals surface area contributed by atoms with Gasteiger partial charge in [-0.05, 0) is 38.1 Å². The van der Waals surface area contributed by atoms with Gasteiger partial charge in [0.25, 0.3) is 0 Å². The van der Waals surface area contributed by atoms with E-state index in [0.29, 0.717) is 16.4 Å². The Bertz CT molecular complexity index is 809. The van der Waals surface area contributed by atoms with Crippen molar-refractivity contribution in [3.63, 3.8) is 0 Å². The summed E-state index contributed by atoms with van der Waals surface area (Å²) in [5.41, 5.74) is 3.38. The predicted molar refractivity (Wildman–Crippen MR) is 89.4 cm³/mol. The summed E-state index contributed by atoms with van der Waals surface area (Å²) in [5, 5.41) is 18.5. The fourth-order valence-corrected chi connectivity index (χ4v) is 2.34. The first-order valence-corrected chi connectivity index (χ1v) is 7.31. The molecule has 2 N–H and O–H groups in total. The zero-order valence-electron chi connectivity index (χ0n) is 12.3. The van der Waals surface area contributed by atoms with E-state index in [1.54, 1.807) is 6.07 Å². The number of anilines is 2. The first-order chi connectivity index (χ1) is 10.6. The van der Waals surface area contributed by atoms with Crippen LogP contribution in [0, 0.1) is 13.8 Å². The van der Waals surface area contributed by atoms with E-state index in [9.17, 15) is 5.11 Å². The van der Waals surface area contributed by atoms with Crippen LogP contribution < -0.4 is 5.32 Å². The molecule has 0 amide bonds. The molecule has 3 rings (SSSR count). The molecule has 3 aromatic rings. The Morgan fingerprint density at radius 3 is 2.41 bits per heavy atom. The number of benzene rings is 2. The molecule has 1 heterocycles. The van der Waals surface area contributed by atoms with Crippen molar-refractivity contribution in [1.82, 2.24) is 9.78 Å². The van der Waals surface area contributed by atoms with Gasteiger partial charge in [-0.2, -0.15) is 4.68 Å². The maximum absolute atomic E-state index is 10.3. The predicted octanol–water partition coefficient (Wildman–Crippen LogP) is 4.59. The molecule has 0 unspecified atom stereocenters. The van der Waals surface area contributed by atoms with Gasteiger partial charge in [0.1, 0.15) is 0 Å². The van der Waals surface area contributed by atoms with Crippen LogP contribution in [0.2, 0.25) is 5.02 Å². The molecule has 4 nitrogen and oxygen atoms in total. The number of aromatic nitrogens is 2. The zero-order valence-corrected chi connectivity index (χ0v) is 13.1. The van der Waals surface area contributed by atoms with Crippen LogP contribution in [-0.4, -0.2) is 14.9 Å². The Balaban J connectivity index is 1.99. The van der Waals surface area contributed by atoms with Gasteiger partial charge < -0.3 is 10.4 Å². The van der Waals surface area contributed by atoms with Crippen LogP contribution in [0.25, 0.3) is 5.69 Å². The van der Waals surface area contributed by atoms with E-state index in [2.05, 4.69) is 10.4 Å². The lowest BCUT2D eigenvalue weighted by molar-refractivity contribution is 0.430. The Morgan fingerprint density at radius 2 is 1.73 bits per heavy atom. The van der Waals surface area contributed by atoms with E-state index in [-0.39, 0.29) is 5.88 Å². The van der Waals surface area contributed by atoms with Gasteiger partial charge in [-0.3, -0.25) is 0 Å². The largest absolute Gasteiger partial charge is 0.493 e. The van der Waals surface area contributed by atoms with E-state index in [1.165, 1.54) is 4.68 Å². The summed E-state index contributed by atoms with van der Waals surface area (Å²) < 4.78 is 1.51. The number of nitrogens with one attached hydrogen (secondary N) is 1. The van der Waals surface area contributed by atoms with Crippen molar-refractivity contribution in [2.75, 3.05) is 5.32 Å². The second-order valence-electron chi connectivity index (χ2n) is 5.15. The number of hydrogen-bond donors (Lipinski definition) is 2. The number of halogens is 1. The number of rotatable bonds is 3. The molecule has 0 aliphatic heterocycles. The summed E-state index contributed by atoms with van der Waals surface area (Å²) in [6.07, 6.45) is 0. The first-order valence-electron chi connectivity index (χ1n) is 6.93. The Morgan fingerprint density at radius 1 is 1.05 bits per heavy atom. The fraction of sp³-hybridized carbons (Fsp3) is 0.118. The molecule has 112 valence electrons. The maximum atomic E-state index is 10.3. The highest BCUT2D eigenvalue weighted by atomic mass is 35.5. The van der Waals surface area contributed by atoms with Gasteiger partial charge in [-0.25, -0.2) is 0 Å². The summed E-state index contributed by atoms with van der Waals surface area (Å²) in [6.45, 7) is 3.83. The van der Waals surface area contributed by atoms with Crippen molar-refractivity contribution >= 4 is 23.1 Å². The van der Waals surface area contributed by atoms with Gasteiger partial charge in [0.05, 0.1) is 22.0 Å². The standard InChI is InChI=1S/C17H16ClN3O/c1-11-7-9-13(10-8-11)21-17(22)12(2)16(20-21)19-15-6-4-3-5-14(15)18/h3-10,22H,1-2H3,(H,19,20). The summed E-state index contributed by atoms with van der Waals surface area (Å²) in [4.78, 5) is 0. The third kappa shape index (κ3) is 2.65. The summed E-state index contributed by atoms with van der Waals surface area (Å²) in [6, 6.07) is 15.2. The van der Waals surface area contributed by atoms with E-state index < -0.39 is 0 Å². The average molecular weight is 314 g/mol. The van der Waals surface area contributed by atoms with Gasteiger partial charge >= 0.3 is 0 Å². The van der Waals surface area contributed by atoms with E-state index in [4.69, 9.17) is 11.6 Å². The average Bonchev–Trinajstić information content (AvgIpc) is 2.79. The third-order valence-electron chi connectivity index (χ3n) is 3.50. The van der Waals surface area contributed by atoms with Crippen LogP contribution in [0.1, 0.15) is 11.1 Å². The number of nitrogens with zero attached hydrogens (tertiary/aromatic N) is 2. The molecule has 1 aromatic heterocycles. The van der Waals surface area contributed by atoms with Crippen LogP contribution in [0.5, 0.6) is 5.88 Å². The van der Waals surface area contributed by atoms with Crippen molar-refractivity contribution in [3.8, 4) is 11.6 Å². The van der Waals surface area contributed by atoms with Crippen LogP contribution in [0.4, 0.5) is 11.5 Å². The summed E-state index contributed by atoms with van der Waals surface area (Å²) >= 11 is 6.15. The molecule has 0 radical (unpaired) electrons. The second kappa shape index (κ2) is 5.73. The van der Waals surface area contributed by atoms with E-state index in [0.717, 1.165) is 16.9 Å². The molecule has 0 saturated carbocycles. The molecular weight excluding hydrogens is 298 g/mol. The Hall–Kier alpha value is -2.46. The van der Waals surface area contributed by atoms with Crippen LogP contribution in [-0.2, 0) is 0 Å². The number of aryl methyl sites for hydroxylation is 1. The molecule has 22 heavy (non-hydrogen) atoms. The smallest absolute Gasteiger partial charge is 0.219 e. The molecule has 0 bridgehead atoms. The topological polar surface area (TPSA) is 50.1 Å². The summed E-state index contributed by atoms with van der Waals surface area (Å²) in [5.74, 6) is 0.685. The normalized spacial score (nSPS) is 10.7. The van der Waals surface area contributed by atoms with Gasteiger partial charge in [-0.15, -0.1) is 5.10 Å². The lowest BCUT2D eigenvalue weighted by atomic mass is 10.2. The number of aromatic hydroxyl groups is 1. The third-order valence-corrected chi connectivity index (χ3v) is 3.83. The quantitative estimate of drug-likeness (QED) is 0.743. The fourth-order valence-electron chi connectivity index (χ4n) is 2.16. The molecule has 0 atom stereocenters. The minimum absolute atomic E-state index is 0.110. The van der Waals surface area contributed by atoms with Gasteiger partial charge in [0.2, 0.25) is 5.88 Å². The molecule has 2 aromatic carbocycles. The van der Waals surface area contributed by atoms with Crippen LogP contribution in [0.15, 0.2) is 48.5 Å². The zero-order chi connectivity index (χ0) is 15.7. The summed E-state index contributed by atoms with van der Waals surface area (Å²) in [7, 11) is 0. The Labute approximate surface area is 134 Å².